The van der Waals surface area contributed by atoms with Gasteiger partial charge < -0.3 is 4.74 Å². The van der Waals surface area contributed by atoms with Crippen molar-refractivity contribution in [2.75, 3.05) is 6.07 Å². The van der Waals surface area contributed by atoms with Crippen LogP contribution in [0.3, 0.4) is 0 Å². The zero-order chi connectivity index (χ0) is 5.70. The normalized spacial score (nSPS) is 14.1. The highest BCUT2D eigenvalue weighted by Gasteiger charge is 1.95. The lowest BCUT2D eigenvalue weighted by Crippen LogP contribution is -1.99. The van der Waals surface area contributed by atoms with Gasteiger partial charge in [0.05, 0.1) is 0 Å². The Labute approximate surface area is 53.6 Å². The minimum Gasteiger partial charge on any atom is -0.347 e. The molecule has 3 heteroatoms. The fourth-order valence-electron chi connectivity index (χ4n) is 0.186. The smallest absolute Gasteiger partial charge is 0.132 e. The molecule has 0 spiro atoms. The summed E-state index contributed by atoms with van der Waals surface area (Å²) in [7, 11) is 0. The predicted molar refractivity (Wildman–Crippen MR) is 31.7 cm³/mol. The summed E-state index contributed by atoms with van der Waals surface area (Å²) in [6.07, 6.45) is 0.800. The van der Waals surface area contributed by atoms with Gasteiger partial charge in [-0.05, 0) is 6.42 Å². The Kier molecular flexibility index (Phi) is 5.05. The van der Waals surface area contributed by atoms with Crippen molar-refractivity contribution in [2.24, 2.45) is 0 Å². The number of alkyl halides is 2. The molecule has 0 aliphatic heterocycles. The van der Waals surface area contributed by atoms with E-state index in [-0.39, 0.29) is 11.6 Å². The van der Waals surface area contributed by atoms with Gasteiger partial charge in [-0.15, -0.1) is 0 Å². The summed E-state index contributed by atoms with van der Waals surface area (Å²) in [5.41, 5.74) is -0.211. The van der Waals surface area contributed by atoms with Gasteiger partial charge in [0.25, 0.3) is 0 Å². The molecule has 0 radical (unpaired) electrons. The predicted octanol–water partition coefficient (Wildman–Crippen LogP) is 2.17. The van der Waals surface area contributed by atoms with Crippen molar-refractivity contribution in [1.82, 2.24) is 0 Å². The monoisotopic (exact) mass is 142 g/mol. The number of ether oxygens (including phenoxy) is 1. The molecule has 1 atom stereocenters. The van der Waals surface area contributed by atoms with Crippen LogP contribution in [0.25, 0.3) is 0 Å². The molecule has 0 saturated heterocycles. The second kappa shape index (κ2) is 4.69. The van der Waals surface area contributed by atoms with Gasteiger partial charge in [-0.1, -0.05) is 30.1 Å². The van der Waals surface area contributed by atoms with Crippen molar-refractivity contribution in [1.29, 1.82) is 0 Å². The Balaban J connectivity index is 2.83. The molecule has 0 aromatic carbocycles. The van der Waals surface area contributed by atoms with Gasteiger partial charge in [-0.3, -0.25) is 0 Å². The van der Waals surface area contributed by atoms with Gasteiger partial charge in [0.15, 0.2) is 0 Å². The lowest BCUT2D eigenvalue weighted by atomic mass is 10.5. The molecule has 7 heavy (non-hydrogen) atoms. The van der Waals surface area contributed by atoms with Crippen LogP contribution in [0, 0.1) is 0 Å². The lowest BCUT2D eigenvalue weighted by molar-refractivity contribution is 0.146. The first-order chi connectivity index (χ1) is 3.31. The van der Waals surface area contributed by atoms with Gasteiger partial charge in [0.1, 0.15) is 11.6 Å². The van der Waals surface area contributed by atoms with E-state index < -0.39 is 0 Å². The molecule has 0 heterocycles. The third-order valence-corrected chi connectivity index (χ3v) is 1.13. The molecule has 0 aliphatic carbocycles. The van der Waals surface area contributed by atoms with Crippen LogP contribution in [0.4, 0.5) is 0 Å². The van der Waals surface area contributed by atoms with Gasteiger partial charge in [0.2, 0.25) is 0 Å². The Morgan fingerprint density at radius 3 is 2.43 bits per heavy atom. The maximum absolute atomic E-state index is 5.46. The Hall–Kier alpha value is 0.540. The Morgan fingerprint density at radius 1 is 1.71 bits per heavy atom. The molecule has 0 aromatic heterocycles. The minimum atomic E-state index is -0.211. The van der Waals surface area contributed by atoms with Crippen molar-refractivity contribution in [2.45, 2.75) is 18.9 Å². The molecular formula is C4H8Cl2O. The van der Waals surface area contributed by atoms with E-state index in [2.05, 4.69) is 0 Å². The van der Waals surface area contributed by atoms with E-state index in [1.165, 1.54) is 0 Å². The van der Waals surface area contributed by atoms with Crippen molar-refractivity contribution in [3.63, 3.8) is 0 Å². The molecule has 44 valence electrons. The van der Waals surface area contributed by atoms with Crippen LogP contribution in [0.5, 0.6) is 0 Å². The van der Waals surface area contributed by atoms with Crippen LogP contribution >= 0.6 is 23.2 Å². The Morgan fingerprint density at radius 2 is 2.29 bits per heavy atom. The molecule has 0 amide bonds. The van der Waals surface area contributed by atoms with E-state index >= 15 is 0 Å². The summed E-state index contributed by atoms with van der Waals surface area (Å²) in [6, 6.07) is 0.183. The first-order valence-electron chi connectivity index (χ1n) is 2.13. The molecule has 1 nitrogen and oxygen atoms in total. The summed E-state index contributed by atoms with van der Waals surface area (Å²) in [6.45, 7) is 1.93. The SMILES string of the molecule is CCC(Cl)OCCl. The van der Waals surface area contributed by atoms with Crippen LogP contribution < -0.4 is 0 Å². The first kappa shape index (κ1) is 7.54. The average Bonchev–Trinajstić information content (AvgIpc) is 1.68. The van der Waals surface area contributed by atoms with Crippen LogP contribution in [0.1, 0.15) is 13.3 Å². The summed E-state index contributed by atoms with van der Waals surface area (Å²) in [4.78, 5) is 0. The summed E-state index contributed by atoms with van der Waals surface area (Å²) in [5.74, 6) is 0. The van der Waals surface area contributed by atoms with Crippen molar-refractivity contribution in [3.05, 3.63) is 0 Å². The van der Waals surface area contributed by atoms with E-state index in [1.54, 1.807) is 0 Å². The average molecular weight is 143 g/mol. The van der Waals surface area contributed by atoms with Crippen LogP contribution in [0.15, 0.2) is 0 Å². The Bertz CT molecular complexity index is 40.7. The minimum absolute atomic E-state index is 0.183. The summed E-state index contributed by atoms with van der Waals surface area (Å²) < 4.78 is 4.72. The number of hydrogen-bond donors (Lipinski definition) is 0. The van der Waals surface area contributed by atoms with Crippen LogP contribution in [-0.4, -0.2) is 11.6 Å². The maximum atomic E-state index is 5.46. The second-order valence-electron chi connectivity index (χ2n) is 1.09. The van der Waals surface area contributed by atoms with Gasteiger partial charge in [-0.2, -0.15) is 0 Å². The highest BCUT2D eigenvalue weighted by atomic mass is 35.5. The molecule has 1 unspecified atom stereocenters. The highest BCUT2D eigenvalue weighted by molar-refractivity contribution is 6.20. The van der Waals surface area contributed by atoms with Crippen molar-refractivity contribution < 1.29 is 4.74 Å². The molecule has 0 saturated carbocycles. The fraction of sp³-hybridized carbons (Fsp3) is 1.00. The fourth-order valence-corrected chi connectivity index (χ4v) is 0.466. The molecule has 0 aromatic rings. The van der Waals surface area contributed by atoms with Crippen LogP contribution in [0.2, 0.25) is 0 Å². The molecule has 0 bridgehead atoms. The largest absolute Gasteiger partial charge is 0.347 e. The highest BCUT2D eigenvalue weighted by Crippen LogP contribution is 2.02. The van der Waals surface area contributed by atoms with E-state index in [4.69, 9.17) is 27.9 Å². The van der Waals surface area contributed by atoms with E-state index in [0.29, 0.717) is 0 Å². The summed E-state index contributed by atoms with van der Waals surface area (Å²) in [5, 5.41) is 0. The molecule has 0 rings (SSSR count). The first-order valence-corrected chi connectivity index (χ1v) is 3.10. The standard InChI is InChI=1S/C4H8Cl2O/c1-2-4(6)7-3-5/h4H,2-3H2,1H3. The van der Waals surface area contributed by atoms with Gasteiger partial charge in [-0.25, -0.2) is 0 Å². The zero-order valence-corrected chi connectivity index (χ0v) is 5.67. The molecular weight excluding hydrogens is 135 g/mol. The third kappa shape index (κ3) is 4.39. The van der Waals surface area contributed by atoms with Crippen LogP contribution in [-0.2, 0) is 4.74 Å². The lowest BCUT2D eigenvalue weighted by Gasteiger charge is -2.01. The summed E-state index contributed by atoms with van der Waals surface area (Å²) >= 11 is 10.6. The molecule has 0 N–H and O–H groups in total. The van der Waals surface area contributed by atoms with E-state index in [0.717, 1.165) is 6.42 Å². The third-order valence-electron chi connectivity index (χ3n) is 0.565. The zero-order valence-electron chi connectivity index (χ0n) is 4.16. The van der Waals surface area contributed by atoms with Gasteiger partial charge >= 0.3 is 0 Å². The van der Waals surface area contributed by atoms with Gasteiger partial charge in [0, 0.05) is 0 Å². The topological polar surface area (TPSA) is 9.23 Å². The number of halogens is 2. The van der Waals surface area contributed by atoms with E-state index in [9.17, 15) is 0 Å². The van der Waals surface area contributed by atoms with Crippen molar-refractivity contribution in [3.8, 4) is 0 Å². The number of hydrogen-bond acceptors (Lipinski definition) is 1. The van der Waals surface area contributed by atoms with Crippen molar-refractivity contribution >= 4 is 23.2 Å². The number of rotatable bonds is 3. The molecule has 0 fully saturated rings. The quantitative estimate of drug-likeness (QED) is 0.550. The maximum Gasteiger partial charge on any atom is 0.132 e. The second-order valence-corrected chi connectivity index (χ2v) is 1.80. The molecule has 0 aliphatic rings. The van der Waals surface area contributed by atoms with E-state index in [1.807, 2.05) is 6.92 Å².